The number of rotatable bonds is 5. The highest BCUT2D eigenvalue weighted by Crippen LogP contribution is 2.36. The second kappa shape index (κ2) is 8.88. The Morgan fingerprint density at radius 3 is 2.61 bits per heavy atom. The number of likely N-dealkylation sites (tertiary alicyclic amines) is 1. The zero-order chi connectivity index (χ0) is 22.1. The summed E-state index contributed by atoms with van der Waals surface area (Å²) in [5.41, 5.74) is 2.53. The zero-order valence-electron chi connectivity index (χ0n) is 16.7. The van der Waals surface area contributed by atoms with Crippen LogP contribution >= 0.6 is 22.9 Å². The number of aromatic nitrogens is 1. The number of aryl methyl sites for hydroxylation is 1. The lowest BCUT2D eigenvalue weighted by Gasteiger charge is -2.24. The second-order valence-electron chi connectivity index (χ2n) is 7.53. The van der Waals surface area contributed by atoms with E-state index in [0.717, 1.165) is 21.3 Å². The van der Waals surface area contributed by atoms with E-state index in [4.69, 9.17) is 16.3 Å². The van der Waals surface area contributed by atoms with Crippen LogP contribution in [0.1, 0.15) is 11.1 Å². The molecule has 0 bridgehead atoms. The summed E-state index contributed by atoms with van der Waals surface area (Å²) in [5, 5.41) is 22.2. The van der Waals surface area contributed by atoms with Crippen molar-refractivity contribution >= 4 is 45.2 Å². The number of aromatic amines is 1. The second-order valence-corrected chi connectivity index (χ2v) is 9.18. The van der Waals surface area contributed by atoms with Crippen molar-refractivity contribution in [3.8, 4) is 5.88 Å². The third-order valence-electron chi connectivity index (χ3n) is 5.27. The van der Waals surface area contributed by atoms with Crippen molar-refractivity contribution in [2.45, 2.75) is 31.6 Å². The van der Waals surface area contributed by atoms with Gasteiger partial charge in [-0.2, -0.15) is 0 Å². The average molecular weight is 464 g/mol. The topological polar surface area (TPSA) is 115 Å². The normalized spacial score (nSPS) is 19.5. The number of amides is 2. The van der Waals surface area contributed by atoms with Gasteiger partial charge in [0.25, 0.3) is 0 Å². The van der Waals surface area contributed by atoms with E-state index in [9.17, 15) is 19.8 Å². The van der Waals surface area contributed by atoms with E-state index in [2.05, 4.69) is 10.3 Å². The molecule has 3 aromatic rings. The number of benzene rings is 1. The number of fused-ring (bicyclic) bond motifs is 1. The largest absolute Gasteiger partial charge is 0.414 e. The highest BCUT2D eigenvalue weighted by molar-refractivity contribution is 7.22. The summed E-state index contributed by atoms with van der Waals surface area (Å²) >= 11 is 7.49. The number of aliphatic hydroxyl groups is 2. The van der Waals surface area contributed by atoms with Crippen LogP contribution in [-0.2, 0) is 11.2 Å². The number of nitrogens with zero attached hydrogens (tertiary/aromatic N) is 1. The van der Waals surface area contributed by atoms with Gasteiger partial charge in [-0.25, -0.2) is 4.79 Å². The summed E-state index contributed by atoms with van der Waals surface area (Å²) in [6.07, 6.45) is -2.55. The molecule has 1 aliphatic heterocycles. The number of carbonyl (C=O) groups excluding carboxylic acids is 2. The number of H-pyrrole nitrogens is 1. The van der Waals surface area contributed by atoms with Gasteiger partial charge >= 0.3 is 6.09 Å². The summed E-state index contributed by atoms with van der Waals surface area (Å²) in [6, 6.07) is 10.0. The van der Waals surface area contributed by atoms with Gasteiger partial charge in [0, 0.05) is 31.1 Å². The third-order valence-corrected chi connectivity index (χ3v) is 6.81. The molecule has 2 aromatic heterocycles. The fraction of sp³-hybridized carbons (Fsp3) is 0.333. The van der Waals surface area contributed by atoms with Crippen molar-refractivity contribution in [1.82, 2.24) is 15.2 Å². The molecule has 1 fully saturated rings. The number of halogens is 1. The Morgan fingerprint density at radius 1 is 1.29 bits per heavy atom. The van der Waals surface area contributed by atoms with E-state index in [1.165, 1.54) is 16.2 Å². The first-order valence-electron chi connectivity index (χ1n) is 9.76. The van der Waals surface area contributed by atoms with Crippen molar-refractivity contribution in [2.75, 3.05) is 13.1 Å². The molecule has 0 radical (unpaired) electrons. The molecule has 0 unspecified atom stereocenters. The molecule has 31 heavy (non-hydrogen) atoms. The van der Waals surface area contributed by atoms with Crippen LogP contribution in [0.5, 0.6) is 5.88 Å². The minimum atomic E-state index is -1.00. The lowest BCUT2D eigenvalue weighted by Crippen LogP contribution is -2.50. The number of hydrogen-bond acceptors (Lipinski definition) is 6. The van der Waals surface area contributed by atoms with Gasteiger partial charge in [0.15, 0.2) is 0 Å². The lowest BCUT2D eigenvalue weighted by atomic mass is 10.1. The van der Waals surface area contributed by atoms with Crippen molar-refractivity contribution in [1.29, 1.82) is 0 Å². The van der Waals surface area contributed by atoms with Crippen LogP contribution in [0.15, 0.2) is 36.4 Å². The molecule has 0 saturated carbocycles. The fourth-order valence-electron chi connectivity index (χ4n) is 3.59. The Hall–Kier alpha value is -2.59. The maximum atomic E-state index is 13.0. The van der Waals surface area contributed by atoms with E-state index in [0.29, 0.717) is 4.34 Å². The molecule has 4 rings (SSSR count). The number of nitrogens with one attached hydrogen (secondary N) is 2. The Kier molecular flexibility index (Phi) is 6.19. The molecule has 1 aromatic carbocycles. The molecule has 2 amide bonds. The smallest absolute Gasteiger partial charge is 0.393 e. The highest BCUT2D eigenvalue weighted by Gasteiger charge is 2.36. The predicted octanol–water partition coefficient (Wildman–Crippen LogP) is 2.45. The molecule has 164 valence electrons. The monoisotopic (exact) mass is 463 g/mol. The van der Waals surface area contributed by atoms with E-state index in [-0.39, 0.29) is 25.4 Å². The molecule has 10 heteroatoms. The first kappa shape index (κ1) is 21.6. The third kappa shape index (κ3) is 4.69. The quantitative estimate of drug-likeness (QED) is 0.464. The van der Waals surface area contributed by atoms with E-state index >= 15 is 0 Å². The molecule has 0 spiro atoms. The Morgan fingerprint density at radius 2 is 1.97 bits per heavy atom. The summed E-state index contributed by atoms with van der Waals surface area (Å²) in [6.45, 7) is 1.89. The van der Waals surface area contributed by atoms with Crippen LogP contribution in [-0.4, -0.2) is 63.4 Å². The highest BCUT2D eigenvalue weighted by atomic mass is 35.5. The van der Waals surface area contributed by atoms with Gasteiger partial charge in [-0.15, -0.1) is 11.3 Å². The first-order valence-corrected chi connectivity index (χ1v) is 11.0. The molecule has 4 N–H and O–H groups in total. The summed E-state index contributed by atoms with van der Waals surface area (Å²) in [7, 11) is 0. The summed E-state index contributed by atoms with van der Waals surface area (Å²) in [4.78, 5) is 30.0. The predicted molar refractivity (Wildman–Crippen MR) is 118 cm³/mol. The number of aliphatic hydroxyl groups excluding tert-OH is 2. The van der Waals surface area contributed by atoms with Crippen molar-refractivity contribution in [3.05, 3.63) is 51.9 Å². The van der Waals surface area contributed by atoms with Crippen molar-refractivity contribution in [2.24, 2.45) is 0 Å². The summed E-state index contributed by atoms with van der Waals surface area (Å²) in [5.74, 6) is -0.150. The van der Waals surface area contributed by atoms with Crippen LogP contribution in [0.3, 0.4) is 0 Å². The first-order chi connectivity index (χ1) is 14.8. The van der Waals surface area contributed by atoms with Gasteiger partial charge in [0.05, 0.1) is 26.8 Å². The van der Waals surface area contributed by atoms with Gasteiger partial charge in [0.1, 0.15) is 6.04 Å². The SMILES string of the molecule is Cc1c(Cl)sc2cc(OC(=O)N[C@@H](Cc3ccccc3)C(=O)N3C[C@@H](O)[C@@H](O)C3)[nH]c12. The Balaban J connectivity index is 1.48. The van der Waals surface area contributed by atoms with Gasteiger partial charge in [-0.05, 0) is 12.5 Å². The fourth-order valence-corrected chi connectivity index (χ4v) is 4.85. The number of β-amino-alcohol motifs (C(OH)–C–C–N with tert-alkyl or cyclic N) is 2. The van der Waals surface area contributed by atoms with E-state index < -0.39 is 30.3 Å². The molecular formula is C21H22ClN3O5S. The molecule has 8 nitrogen and oxygen atoms in total. The maximum absolute atomic E-state index is 13.0. The Labute approximate surface area is 187 Å². The van der Waals surface area contributed by atoms with Crippen LogP contribution in [0.2, 0.25) is 4.34 Å². The molecule has 1 aliphatic rings. The minimum absolute atomic E-state index is 0.00889. The van der Waals surface area contributed by atoms with E-state index in [1.807, 2.05) is 37.3 Å². The molecule has 3 atom stereocenters. The van der Waals surface area contributed by atoms with Gasteiger partial charge in [-0.1, -0.05) is 41.9 Å². The standard InChI is InChI=1S/C21H22ClN3O5S/c1-11-18-16(31-19(11)22)8-17(24-18)30-21(29)23-13(7-12-5-3-2-4-6-12)20(28)25-9-14(26)15(27)10-25/h2-6,8,13-15,24,26-27H,7,9-10H2,1H3,(H,23,29)/t13-,14-,15+/m0/s1. The number of thiophene rings is 1. The van der Waals surface area contributed by atoms with Crippen LogP contribution in [0, 0.1) is 6.92 Å². The van der Waals surface area contributed by atoms with Crippen molar-refractivity contribution < 1.29 is 24.5 Å². The minimum Gasteiger partial charge on any atom is -0.393 e. The number of hydrogen-bond donors (Lipinski definition) is 4. The maximum Gasteiger partial charge on any atom is 0.414 e. The van der Waals surface area contributed by atoms with Crippen LogP contribution in [0.25, 0.3) is 10.2 Å². The molecule has 3 heterocycles. The molecular weight excluding hydrogens is 442 g/mol. The molecule has 0 aliphatic carbocycles. The van der Waals surface area contributed by atoms with Crippen LogP contribution in [0.4, 0.5) is 4.79 Å². The lowest BCUT2D eigenvalue weighted by molar-refractivity contribution is -0.132. The number of carbonyl (C=O) groups is 2. The van der Waals surface area contributed by atoms with Crippen LogP contribution < -0.4 is 10.1 Å². The summed E-state index contributed by atoms with van der Waals surface area (Å²) < 4.78 is 6.89. The van der Waals surface area contributed by atoms with Crippen molar-refractivity contribution in [3.63, 3.8) is 0 Å². The van der Waals surface area contributed by atoms with E-state index in [1.54, 1.807) is 6.07 Å². The van der Waals surface area contributed by atoms with Gasteiger partial charge < -0.3 is 30.2 Å². The zero-order valence-corrected chi connectivity index (χ0v) is 18.2. The average Bonchev–Trinajstić information content (AvgIpc) is 3.36. The molecule has 1 saturated heterocycles. The van der Waals surface area contributed by atoms with Gasteiger partial charge in [-0.3, -0.25) is 4.79 Å². The number of ether oxygens (including phenoxy) is 1. The van der Waals surface area contributed by atoms with Gasteiger partial charge in [0.2, 0.25) is 11.8 Å². The Bertz CT molecular complexity index is 1090.